The fourth-order valence-corrected chi connectivity index (χ4v) is 1.90. The van der Waals surface area contributed by atoms with E-state index in [1.165, 1.54) is 6.33 Å². The zero-order chi connectivity index (χ0) is 11.8. The number of anilines is 2. The molecule has 0 bridgehead atoms. The Morgan fingerprint density at radius 1 is 1.38 bits per heavy atom. The van der Waals surface area contributed by atoms with Gasteiger partial charge in [-0.1, -0.05) is 13.8 Å². The van der Waals surface area contributed by atoms with Gasteiger partial charge in [0.15, 0.2) is 0 Å². The van der Waals surface area contributed by atoms with E-state index in [1.807, 2.05) is 13.1 Å². The Bertz CT molecular complexity index is 380. The number of aromatic nitrogens is 2. The summed E-state index contributed by atoms with van der Waals surface area (Å²) >= 11 is 0. The SMILES string of the molecule is CNc1cc(NC2CC(O)C2(C)C)ncn1. The highest BCUT2D eigenvalue weighted by atomic mass is 16.3. The van der Waals surface area contributed by atoms with Crippen molar-refractivity contribution in [1.29, 1.82) is 0 Å². The van der Waals surface area contributed by atoms with Crippen molar-refractivity contribution in [2.45, 2.75) is 32.4 Å². The second-order valence-corrected chi connectivity index (χ2v) is 4.81. The molecule has 0 amide bonds. The van der Waals surface area contributed by atoms with Crippen LogP contribution in [-0.4, -0.2) is 34.3 Å². The third-order valence-corrected chi connectivity index (χ3v) is 3.46. The van der Waals surface area contributed by atoms with Crippen LogP contribution in [0.4, 0.5) is 11.6 Å². The monoisotopic (exact) mass is 222 g/mol. The van der Waals surface area contributed by atoms with Crippen LogP contribution in [0.2, 0.25) is 0 Å². The molecule has 0 spiro atoms. The maximum absolute atomic E-state index is 9.64. The van der Waals surface area contributed by atoms with Gasteiger partial charge in [0.05, 0.1) is 6.10 Å². The highest BCUT2D eigenvalue weighted by Crippen LogP contribution is 2.41. The number of nitrogens with zero attached hydrogens (tertiary/aromatic N) is 2. The summed E-state index contributed by atoms with van der Waals surface area (Å²) in [6.45, 7) is 4.11. The fraction of sp³-hybridized carbons (Fsp3) is 0.636. The summed E-state index contributed by atoms with van der Waals surface area (Å²) in [6, 6.07) is 2.13. The molecule has 1 aliphatic carbocycles. The Kier molecular flexibility index (Phi) is 2.71. The van der Waals surface area contributed by atoms with Crippen molar-refractivity contribution in [3.05, 3.63) is 12.4 Å². The van der Waals surface area contributed by atoms with Gasteiger partial charge in [-0.2, -0.15) is 0 Å². The number of rotatable bonds is 3. The Hall–Kier alpha value is -1.36. The van der Waals surface area contributed by atoms with E-state index < -0.39 is 0 Å². The lowest BCUT2D eigenvalue weighted by molar-refractivity contribution is -0.0511. The molecule has 1 aliphatic rings. The van der Waals surface area contributed by atoms with Gasteiger partial charge >= 0.3 is 0 Å². The quantitative estimate of drug-likeness (QED) is 0.714. The molecule has 0 radical (unpaired) electrons. The lowest BCUT2D eigenvalue weighted by Gasteiger charge is -2.49. The van der Waals surface area contributed by atoms with Crippen LogP contribution in [0.1, 0.15) is 20.3 Å². The second-order valence-electron chi connectivity index (χ2n) is 4.81. The molecule has 5 nitrogen and oxygen atoms in total. The molecule has 2 unspecified atom stereocenters. The van der Waals surface area contributed by atoms with E-state index in [0.29, 0.717) is 0 Å². The third-order valence-electron chi connectivity index (χ3n) is 3.46. The van der Waals surface area contributed by atoms with Crippen molar-refractivity contribution < 1.29 is 5.11 Å². The molecular weight excluding hydrogens is 204 g/mol. The lowest BCUT2D eigenvalue weighted by atomic mass is 9.64. The van der Waals surface area contributed by atoms with E-state index in [0.717, 1.165) is 18.1 Å². The van der Waals surface area contributed by atoms with Crippen LogP contribution < -0.4 is 10.6 Å². The van der Waals surface area contributed by atoms with E-state index >= 15 is 0 Å². The van der Waals surface area contributed by atoms with E-state index in [-0.39, 0.29) is 17.6 Å². The van der Waals surface area contributed by atoms with Gasteiger partial charge in [-0.15, -0.1) is 0 Å². The predicted molar refractivity (Wildman–Crippen MR) is 63.4 cm³/mol. The van der Waals surface area contributed by atoms with Crippen LogP contribution in [0.25, 0.3) is 0 Å². The summed E-state index contributed by atoms with van der Waals surface area (Å²) in [4.78, 5) is 8.20. The average molecular weight is 222 g/mol. The molecule has 1 aromatic rings. The Morgan fingerprint density at radius 3 is 2.62 bits per heavy atom. The van der Waals surface area contributed by atoms with E-state index in [9.17, 15) is 5.11 Å². The summed E-state index contributed by atoms with van der Waals surface area (Å²) in [5.41, 5.74) is -0.0925. The van der Waals surface area contributed by atoms with Gasteiger partial charge in [-0.25, -0.2) is 9.97 Å². The fourth-order valence-electron chi connectivity index (χ4n) is 1.90. The first-order chi connectivity index (χ1) is 7.54. The third kappa shape index (κ3) is 1.82. The zero-order valence-electron chi connectivity index (χ0n) is 9.86. The highest BCUT2D eigenvalue weighted by molar-refractivity contribution is 5.47. The van der Waals surface area contributed by atoms with Crippen molar-refractivity contribution in [2.75, 3.05) is 17.7 Å². The summed E-state index contributed by atoms with van der Waals surface area (Å²) in [5, 5.41) is 15.9. The summed E-state index contributed by atoms with van der Waals surface area (Å²) in [7, 11) is 1.82. The van der Waals surface area contributed by atoms with Gasteiger partial charge in [0, 0.05) is 24.6 Å². The topological polar surface area (TPSA) is 70.1 Å². The van der Waals surface area contributed by atoms with Gasteiger partial charge < -0.3 is 15.7 Å². The lowest BCUT2D eigenvalue weighted by Crippen LogP contribution is -2.57. The summed E-state index contributed by atoms with van der Waals surface area (Å²) < 4.78 is 0. The van der Waals surface area contributed by atoms with Crippen LogP contribution in [0.3, 0.4) is 0 Å². The first-order valence-electron chi connectivity index (χ1n) is 5.48. The van der Waals surface area contributed by atoms with Crippen LogP contribution >= 0.6 is 0 Å². The molecule has 1 aromatic heterocycles. The minimum Gasteiger partial charge on any atom is -0.392 e. The van der Waals surface area contributed by atoms with Crippen LogP contribution in [-0.2, 0) is 0 Å². The van der Waals surface area contributed by atoms with E-state index in [1.54, 1.807) is 0 Å². The van der Waals surface area contributed by atoms with Crippen molar-refractivity contribution >= 4 is 11.6 Å². The van der Waals surface area contributed by atoms with E-state index in [2.05, 4.69) is 34.4 Å². The number of nitrogens with one attached hydrogen (secondary N) is 2. The molecule has 2 rings (SSSR count). The summed E-state index contributed by atoms with van der Waals surface area (Å²) in [5.74, 6) is 1.58. The molecule has 88 valence electrons. The predicted octanol–water partition coefficient (Wildman–Crippen LogP) is 1.09. The Labute approximate surface area is 95.3 Å². The van der Waals surface area contributed by atoms with Gasteiger partial charge in [-0.05, 0) is 6.42 Å². The van der Waals surface area contributed by atoms with Crippen molar-refractivity contribution in [3.63, 3.8) is 0 Å². The maximum atomic E-state index is 9.64. The Balaban J connectivity index is 2.05. The molecule has 16 heavy (non-hydrogen) atoms. The maximum Gasteiger partial charge on any atom is 0.131 e. The second kappa shape index (κ2) is 3.90. The van der Waals surface area contributed by atoms with Gasteiger partial charge in [-0.3, -0.25) is 0 Å². The molecule has 0 aromatic carbocycles. The van der Waals surface area contributed by atoms with Gasteiger partial charge in [0.1, 0.15) is 18.0 Å². The van der Waals surface area contributed by atoms with Crippen molar-refractivity contribution in [1.82, 2.24) is 9.97 Å². The molecule has 1 saturated carbocycles. The molecule has 2 atom stereocenters. The molecule has 5 heteroatoms. The van der Waals surface area contributed by atoms with Crippen molar-refractivity contribution in [3.8, 4) is 0 Å². The molecule has 1 heterocycles. The first-order valence-corrected chi connectivity index (χ1v) is 5.48. The number of aliphatic hydroxyl groups excluding tert-OH is 1. The number of aliphatic hydroxyl groups is 1. The van der Waals surface area contributed by atoms with Gasteiger partial charge in [0.25, 0.3) is 0 Å². The van der Waals surface area contributed by atoms with Gasteiger partial charge in [0.2, 0.25) is 0 Å². The average Bonchev–Trinajstić information content (AvgIpc) is 2.29. The first kappa shape index (κ1) is 11.1. The number of hydrogen-bond acceptors (Lipinski definition) is 5. The molecule has 0 aliphatic heterocycles. The minimum absolute atomic E-state index is 0.0925. The highest BCUT2D eigenvalue weighted by Gasteiger charge is 2.47. The zero-order valence-corrected chi connectivity index (χ0v) is 9.86. The summed E-state index contributed by atoms with van der Waals surface area (Å²) in [6.07, 6.45) is 2.07. The molecular formula is C11H18N4O. The van der Waals surface area contributed by atoms with E-state index in [4.69, 9.17) is 0 Å². The van der Waals surface area contributed by atoms with Crippen LogP contribution in [0.15, 0.2) is 12.4 Å². The molecule has 3 N–H and O–H groups in total. The molecule has 1 fully saturated rings. The Morgan fingerprint density at radius 2 is 2.06 bits per heavy atom. The molecule has 0 saturated heterocycles. The van der Waals surface area contributed by atoms with Crippen LogP contribution in [0, 0.1) is 5.41 Å². The van der Waals surface area contributed by atoms with Crippen LogP contribution in [0.5, 0.6) is 0 Å². The smallest absolute Gasteiger partial charge is 0.131 e. The number of hydrogen-bond donors (Lipinski definition) is 3. The minimum atomic E-state index is -0.226. The standard InChI is InChI=1S/C11H18N4O/c1-11(2)7(4-8(11)16)15-10-5-9(12-3)13-6-14-10/h5-8,16H,4H2,1-3H3,(H2,12,13,14,15). The normalized spacial score (nSPS) is 27.0. The largest absolute Gasteiger partial charge is 0.392 e. The van der Waals surface area contributed by atoms with Crippen molar-refractivity contribution in [2.24, 2.45) is 5.41 Å².